The summed E-state index contributed by atoms with van der Waals surface area (Å²) in [5.41, 5.74) is 0.752. The normalized spacial score (nSPS) is 16.9. The molecule has 1 fully saturated rings. The van der Waals surface area contributed by atoms with Gasteiger partial charge in [-0.1, -0.05) is 0 Å². The molecule has 1 aromatic rings. The van der Waals surface area contributed by atoms with E-state index in [-0.39, 0.29) is 16.7 Å². The lowest BCUT2D eigenvalue weighted by Gasteiger charge is -2.01. The van der Waals surface area contributed by atoms with Crippen LogP contribution < -0.4 is 0 Å². The molecule has 1 aromatic heterocycles. The molecule has 0 radical (unpaired) electrons. The Hall–Kier alpha value is -0.460. The van der Waals surface area contributed by atoms with Crippen molar-refractivity contribution in [1.29, 1.82) is 0 Å². The number of hydrogen-bond acceptors (Lipinski definition) is 5. The molecule has 0 amide bonds. The van der Waals surface area contributed by atoms with Crippen molar-refractivity contribution in [2.45, 2.75) is 30.2 Å². The summed E-state index contributed by atoms with van der Waals surface area (Å²) in [6.45, 7) is 2.07. The van der Waals surface area contributed by atoms with Crippen molar-refractivity contribution in [3.63, 3.8) is 0 Å². The van der Waals surface area contributed by atoms with Crippen LogP contribution in [0.4, 0.5) is 0 Å². The molecular weight excluding hydrogens is 234 g/mol. The molecule has 0 bridgehead atoms. The van der Waals surface area contributed by atoms with Gasteiger partial charge in [0.2, 0.25) is 14.2 Å². The summed E-state index contributed by atoms with van der Waals surface area (Å²) >= 11 is 1.18. The van der Waals surface area contributed by atoms with Crippen LogP contribution in [0.3, 0.4) is 0 Å². The molecule has 15 heavy (non-hydrogen) atoms. The van der Waals surface area contributed by atoms with Gasteiger partial charge >= 0.3 is 0 Å². The Morgan fingerprint density at radius 2 is 2.33 bits per heavy atom. The van der Waals surface area contributed by atoms with Crippen LogP contribution in [0.25, 0.3) is 0 Å². The first-order valence-electron chi connectivity index (χ1n) is 4.84. The van der Waals surface area contributed by atoms with Crippen molar-refractivity contribution >= 4 is 21.2 Å². The van der Waals surface area contributed by atoms with Gasteiger partial charge in [0.1, 0.15) is 0 Å². The fraction of sp³-hybridized carbons (Fsp3) is 0.667. The summed E-state index contributed by atoms with van der Waals surface area (Å²) in [4.78, 5) is 3.97. The molecule has 6 heteroatoms. The zero-order chi connectivity index (χ0) is 10.9. The average molecular weight is 247 g/mol. The largest absolute Gasteiger partial charge is 0.377 e. The summed E-state index contributed by atoms with van der Waals surface area (Å²) in [7, 11) is -3.22. The average Bonchev–Trinajstić information content (AvgIpc) is 2.86. The van der Waals surface area contributed by atoms with Crippen LogP contribution in [-0.4, -0.2) is 31.9 Å². The maximum Gasteiger partial charge on any atom is 0.209 e. The number of hydrogen-bond donors (Lipinski definition) is 0. The second kappa shape index (κ2) is 4.19. The highest BCUT2D eigenvalue weighted by Gasteiger charge is 2.24. The number of aryl methyl sites for hydroxylation is 1. The fourth-order valence-corrected chi connectivity index (χ4v) is 3.40. The Morgan fingerprint density at radius 1 is 1.60 bits per heavy atom. The van der Waals surface area contributed by atoms with Crippen molar-refractivity contribution in [3.05, 3.63) is 11.1 Å². The monoisotopic (exact) mass is 247 g/mol. The second-order valence-electron chi connectivity index (χ2n) is 3.64. The molecule has 1 aliphatic carbocycles. The first-order chi connectivity index (χ1) is 7.08. The molecule has 0 N–H and O–H groups in total. The zero-order valence-corrected chi connectivity index (χ0v) is 10.1. The van der Waals surface area contributed by atoms with E-state index < -0.39 is 9.84 Å². The van der Waals surface area contributed by atoms with Crippen molar-refractivity contribution in [2.75, 3.05) is 12.4 Å². The van der Waals surface area contributed by atoms with Gasteiger partial charge in [0.25, 0.3) is 0 Å². The molecule has 0 unspecified atom stereocenters. The quantitative estimate of drug-likeness (QED) is 0.789. The molecular formula is C9H13NO3S2. The van der Waals surface area contributed by atoms with E-state index in [1.54, 1.807) is 12.3 Å². The lowest BCUT2D eigenvalue weighted by molar-refractivity contribution is 0.134. The molecule has 0 spiro atoms. The van der Waals surface area contributed by atoms with Gasteiger partial charge in [0.05, 0.1) is 18.5 Å². The second-order valence-corrected chi connectivity index (χ2v) is 6.78. The topological polar surface area (TPSA) is 56.3 Å². The Balaban J connectivity index is 1.93. The van der Waals surface area contributed by atoms with E-state index in [2.05, 4.69) is 4.98 Å². The molecule has 2 rings (SSSR count). The van der Waals surface area contributed by atoms with E-state index in [0.29, 0.717) is 6.10 Å². The van der Waals surface area contributed by atoms with Gasteiger partial charge in [-0.2, -0.15) is 0 Å². The van der Waals surface area contributed by atoms with Gasteiger partial charge in [0, 0.05) is 11.1 Å². The van der Waals surface area contributed by atoms with Gasteiger partial charge in [-0.25, -0.2) is 13.4 Å². The highest BCUT2D eigenvalue weighted by Crippen LogP contribution is 2.23. The molecule has 84 valence electrons. The first-order valence-corrected chi connectivity index (χ1v) is 7.37. The number of thiazole rings is 1. The van der Waals surface area contributed by atoms with E-state index in [1.165, 1.54) is 11.3 Å². The van der Waals surface area contributed by atoms with Gasteiger partial charge < -0.3 is 4.74 Å². The fourth-order valence-electron chi connectivity index (χ4n) is 1.12. The van der Waals surface area contributed by atoms with Crippen LogP contribution in [0.15, 0.2) is 9.72 Å². The molecule has 0 atom stereocenters. The summed E-state index contributed by atoms with van der Waals surface area (Å²) in [5.74, 6) is 0.0381. The van der Waals surface area contributed by atoms with Crippen LogP contribution in [0.2, 0.25) is 0 Å². The lowest BCUT2D eigenvalue weighted by Crippen LogP contribution is -2.13. The maximum absolute atomic E-state index is 11.7. The van der Waals surface area contributed by atoms with Crippen LogP contribution in [0.5, 0.6) is 0 Å². The van der Waals surface area contributed by atoms with E-state index in [1.807, 2.05) is 0 Å². The third-order valence-corrected chi connectivity index (χ3v) is 5.22. The number of ether oxygens (including phenoxy) is 1. The van der Waals surface area contributed by atoms with Gasteiger partial charge in [-0.05, 0) is 19.8 Å². The third-order valence-electron chi connectivity index (χ3n) is 2.09. The Morgan fingerprint density at radius 3 is 2.87 bits per heavy atom. The minimum absolute atomic E-state index is 0.0381. The third kappa shape index (κ3) is 2.99. The molecule has 4 nitrogen and oxygen atoms in total. The molecule has 1 saturated carbocycles. The van der Waals surface area contributed by atoms with Crippen LogP contribution in [0.1, 0.15) is 18.5 Å². The number of nitrogens with zero attached hydrogens (tertiary/aromatic N) is 1. The summed E-state index contributed by atoms with van der Waals surface area (Å²) in [6.07, 6.45) is 2.44. The van der Waals surface area contributed by atoms with Crippen molar-refractivity contribution in [2.24, 2.45) is 0 Å². The zero-order valence-electron chi connectivity index (χ0n) is 8.47. The Kier molecular flexibility index (Phi) is 3.08. The molecule has 1 aliphatic rings. The predicted molar refractivity (Wildman–Crippen MR) is 57.9 cm³/mol. The Bertz CT molecular complexity index is 434. The predicted octanol–water partition coefficient (Wildman–Crippen LogP) is 1.40. The summed E-state index contributed by atoms with van der Waals surface area (Å²) in [5, 5.41) is 1.74. The van der Waals surface area contributed by atoms with E-state index >= 15 is 0 Å². The van der Waals surface area contributed by atoms with Gasteiger partial charge in [-0.15, -0.1) is 11.3 Å². The molecule has 1 heterocycles. The minimum atomic E-state index is -3.22. The SMILES string of the molecule is Cc1csc(S(=O)(=O)CCOC2CC2)n1. The smallest absolute Gasteiger partial charge is 0.209 e. The van der Waals surface area contributed by atoms with E-state index in [9.17, 15) is 8.42 Å². The summed E-state index contributed by atoms with van der Waals surface area (Å²) < 4.78 is 29.0. The standard InChI is InChI=1S/C9H13NO3S2/c1-7-6-14-9(10-7)15(11,12)5-4-13-8-2-3-8/h6,8H,2-5H2,1H3. The van der Waals surface area contributed by atoms with Crippen LogP contribution in [-0.2, 0) is 14.6 Å². The first kappa shape index (κ1) is 11.0. The van der Waals surface area contributed by atoms with E-state index in [0.717, 1.165) is 18.5 Å². The van der Waals surface area contributed by atoms with Crippen LogP contribution in [0, 0.1) is 6.92 Å². The maximum atomic E-state index is 11.7. The lowest BCUT2D eigenvalue weighted by atomic mass is 10.6. The molecule has 0 aliphatic heterocycles. The van der Waals surface area contributed by atoms with Gasteiger partial charge in [0.15, 0.2) is 0 Å². The highest BCUT2D eigenvalue weighted by molar-refractivity contribution is 7.93. The van der Waals surface area contributed by atoms with Crippen LogP contribution >= 0.6 is 11.3 Å². The molecule has 0 saturated heterocycles. The van der Waals surface area contributed by atoms with Crippen molar-refractivity contribution in [1.82, 2.24) is 4.98 Å². The molecule has 0 aromatic carbocycles. The van der Waals surface area contributed by atoms with Gasteiger partial charge in [-0.3, -0.25) is 0 Å². The summed E-state index contributed by atoms with van der Waals surface area (Å²) in [6, 6.07) is 0. The number of sulfone groups is 1. The number of aromatic nitrogens is 1. The highest BCUT2D eigenvalue weighted by atomic mass is 32.2. The minimum Gasteiger partial charge on any atom is -0.377 e. The van der Waals surface area contributed by atoms with Crippen molar-refractivity contribution < 1.29 is 13.2 Å². The van der Waals surface area contributed by atoms with E-state index in [4.69, 9.17) is 4.74 Å². The van der Waals surface area contributed by atoms with Crippen molar-refractivity contribution in [3.8, 4) is 0 Å². The Labute approximate surface area is 93.2 Å². The number of rotatable bonds is 5.